The number of nitrogens with one attached hydrogen (secondary N) is 1. The number of aliphatic hydroxyl groups excluding tert-OH is 1. The van der Waals surface area contributed by atoms with Crippen molar-refractivity contribution in [2.75, 3.05) is 26.8 Å². The van der Waals surface area contributed by atoms with E-state index in [1.54, 1.807) is 23.9 Å². The second kappa shape index (κ2) is 10.1. The van der Waals surface area contributed by atoms with E-state index in [2.05, 4.69) is 41.4 Å². The predicted octanol–water partition coefficient (Wildman–Crippen LogP) is 2.95. The van der Waals surface area contributed by atoms with Crippen molar-refractivity contribution >= 4 is 5.52 Å². The van der Waals surface area contributed by atoms with Gasteiger partial charge in [-0.2, -0.15) is 5.10 Å². The Morgan fingerprint density at radius 3 is 2.81 bits per heavy atom. The summed E-state index contributed by atoms with van der Waals surface area (Å²) in [4.78, 5) is 22.3. The van der Waals surface area contributed by atoms with E-state index in [-0.39, 0.29) is 24.1 Å². The normalized spacial score (nSPS) is 18.1. The first-order chi connectivity index (χ1) is 14.9. The lowest BCUT2D eigenvalue weighted by molar-refractivity contribution is 0.0743. The van der Waals surface area contributed by atoms with E-state index in [9.17, 15) is 9.90 Å². The molecule has 0 bridgehead atoms. The number of hydrogen-bond acceptors (Lipinski definition) is 6. The molecule has 1 aliphatic heterocycles. The highest BCUT2D eigenvalue weighted by Gasteiger charge is 2.33. The van der Waals surface area contributed by atoms with Gasteiger partial charge in [-0.25, -0.2) is 9.50 Å². The van der Waals surface area contributed by atoms with Gasteiger partial charge in [-0.05, 0) is 38.8 Å². The molecule has 2 N–H and O–H groups in total. The lowest BCUT2D eigenvalue weighted by Crippen LogP contribution is -2.48. The first-order valence-electron chi connectivity index (χ1n) is 10.8. The summed E-state index contributed by atoms with van der Waals surface area (Å²) in [5.41, 5.74) is 1.53. The Bertz CT molecular complexity index is 1030. The maximum Gasteiger partial charge on any atom is 0.277 e. The topological polar surface area (TPSA) is 95.8 Å². The molecule has 0 aromatic carbocycles. The number of methoxy groups -OCH3 is 1. The van der Waals surface area contributed by atoms with Gasteiger partial charge in [0.1, 0.15) is 17.4 Å². The van der Waals surface area contributed by atoms with Crippen molar-refractivity contribution in [2.45, 2.75) is 45.6 Å². The fourth-order valence-electron chi connectivity index (χ4n) is 3.93. The van der Waals surface area contributed by atoms with Gasteiger partial charge in [-0.15, -0.1) is 0 Å². The summed E-state index contributed by atoms with van der Waals surface area (Å²) in [6, 6.07) is -0.0208. The highest BCUT2D eigenvalue weighted by atomic mass is 16.5. The van der Waals surface area contributed by atoms with Crippen LogP contribution in [0.25, 0.3) is 5.52 Å². The molecule has 8 heteroatoms. The van der Waals surface area contributed by atoms with Crippen LogP contribution in [0, 0.1) is 5.92 Å². The maximum absolute atomic E-state index is 12.6. The fourth-order valence-corrected chi connectivity index (χ4v) is 3.93. The van der Waals surface area contributed by atoms with Crippen LogP contribution in [0.15, 0.2) is 47.1 Å². The molecule has 2 unspecified atom stereocenters. The average molecular weight is 428 g/mol. The summed E-state index contributed by atoms with van der Waals surface area (Å²) in [5.74, 6) is 2.61. The van der Waals surface area contributed by atoms with E-state index in [0.29, 0.717) is 23.7 Å². The molecule has 1 saturated heterocycles. The average Bonchev–Trinajstić information content (AvgIpc) is 3.16. The number of allylic oxidation sites excluding steroid dienone is 3. The third-order valence-corrected chi connectivity index (χ3v) is 6.23. The second-order valence-corrected chi connectivity index (χ2v) is 8.09. The van der Waals surface area contributed by atoms with Gasteiger partial charge in [0.25, 0.3) is 5.56 Å². The molecule has 2 aromatic heterocycles. The van der Waals surface area contributed by atoms with Gasteiger partial charge in [0.05, 0.1) is 19.3 Å². The molecular formula is C23H33N5O3. The molecule has 3 heterocycles. The number of nitrogens with zero attached hydrogens (tertiary/aromatic N) is 4. The highest BCUT2D eigenvalue weighted by Crippen LogP contribution is 2.31. The van der Waals surface area contributed by atoms with E-state index < -0.39 is 0 Å². The third-order valence-electron chi connectivity index (χ3n) is 6.23. The van der Waals surface area contributed by atoms with E-state index in [0.717, 1.165) is 31.1 Å². The first kappa shape index (κ1) is 23.0. The van der Waals surface area contributed by atoms with Crippen molar-refractivity contribution in [3.05, 3.63) is 64.3 Å². The molecule has 2 atom stereocenters. The van der Waals surface area contributed by atoms with Crippen LogP contribution in [0.1, 0.15) is 57.2 Å². The van der Waals surface area contributed by atoms with Crippen LogP contribution in [0.3, 0.4) is 0 Å². The molecule has 168 valence electrons. The standard InChI is InChI=1S/C23H33N5O3/c1-6-17(10-11-29)22-24-12-20-23(30)25-21(26-28(20)22)16(4)27-13-18(14-27)15(3)8-9-19(7-2)31-5/h7-9,12,16-18,29H,2,6,10-11,13-14H2,1,3-5H3,(H,25,26,30)/b15-8+,19-9+. The van der Waals surface area contributed by atoms with Gasteiger partial charge in [-0.3, -0.25) is 9.69 Å². The number of likely N-dealkylation sites (tertiary alicyclic amines) is 1. The zero-order valence-electron chi connectivity index (χ0n) is 18.8. The summed E-state index contributed by atoms with van der Waals surface area (Å²) in [7, 11) is 1.63. The van der Waals surface area contributed by atoms with Gasteiger partial charge < -0.3 is 14.8 Å². The Hall–Kier alpha value is -2.71. The molecule has 2 aromatic rings. The van der Waals surface area contributed by atoms with Crippen molar-refractivity contribution in [2.24, 2.45) is 5.92 Å². The Morgan fingerprint density at radius 2 is 2.19 bits per heavy atom. The lowest BCUT2D eigenvalue weighted by Gasteiger charge is -2.43. The maximum atomic E-state index is 12.6. The summed E-state index contributed by atoms with van der Waals surface area (Å²) in [5, 5.41) is 14.1. The Balaban J connectivity index is 1.77. The summed E-state index contributed by atoms with van der Waals surface area (Å²) < 4.78 is 6.87. The van der Waals surface area contributed by atoms with Gasteiger partial charge in [0.2, 0.25) is 0 Å². The minimum atomic E-state index is -0.191. The van der Waals surface area contributed by atoms with Crippen molar-refractivity contribution < 1.29 is 9.84 Å². The molecule has 3 rings (SSSR count). The number of H-pyrrole nitrogens is 1. The summed E-state index contributed by atoms with van der Waals surface area (Å²) in [6.45, 7) is 11.8. The van der Waals surface area contributed by atoms with Gasteiger partial charge in [-0.1, -0.05) is 25.2 Å². The Kier molecular flexibility index (Phi) is 7.46. The van der Waals surface area contributed by atoms with Crippen molar-refractivity contribution in [3.8, 4) is 0 Å². The van der Waals surface area contributed by atoms with Gasteiger partial charge in [0.15, 0.2) is 5.52 Å². The van der Waals surface area contributed by atoms with Gasteiger partial charge in [0, 0.05) is 31.5 Å². The third kappa shape index (κ3) is 4.80. The van der Waals surface area contributed by atoms with E-state index in [1.165, 1.54) is 5.57 Å². The largest absolute Gasteiger partial charge is 0.497 e. The molecule has 1 aliphatic rings. The number of fused-ring (bicyclic) bond motifs is 1. The monoisotopic (exact) mass is 427 g/mol. The van der Waals surface area contributed by atoms with Crippen LogP contribution in [0.5, 0.6) is 0 Å². The lowest BCUT2D eigenvalue weighted by atomic mass is 9.90. The zero-order valence-corrected chi connectivity index (χ0v) is 18.8. The summed E-state index contributed by atoms with van der Waals surface area (Å²) >= 11 is 0. The molecule has 0 aliphatic carbocycles. The minimum Gasteiger partial charge on any atom is -0.497 e. The fraction of sp³-hybridized carbons (Fsp3) is 0.522. The molecule has 0 spiro atoms. The van der Waals surface area contributed by atoms with Crippen LogP contribution < -0.4 is 5.56 Å². The SMILES string of the molecule is C=C/C(=C\C=C(/C)C1CN(C(C)c2nn3c(C(CC)CCO)ncc3c(=O)[nH]2)C1)OC. The van der Waals surface area contributed by atoms with Crippen molar-refractivity contribution in [1.82, 2.24) is 24.5 Å². The number of rotatable bonds is 10. The van der Waals surface area contributed by atoms with Crippen molar-refractivity contribution in [3.63, 3.8) is 0 Å². The van der Waals surface area contributed by atoms with Gasteiger partial charge >= 0.3 is 0 Å². The molecule has 8 nitrogen and oxygen atoms in total. The number of aromatic nitrogens is 4. The molecular weight excluding hydrogens is 394 g/mol. The van der Waals surface area contributed by atoms with Crippen LogP contribution in [-0.4, -0.2) is 56.4 Å². The summed E-state index contributed by atoms with van der Waals surface area (Å²) in [6.07, 6.45) is 8.67. The molecule has 0 radical (unpaired) electrons. The van der Waals surface area contributed by atoms with Crippen LogP contribution >= 0.6 is 0 Å². The Labute approximate surface area is 183 Å². The molecule has 0 amide bonds. The highest BCUT2D eigenvalue weighted by molar-refractivity contribution is 5.42. The number of hydrogen-bond donors (Lipinski definition) is 2. The molecule has 31 heavy (non-hydrogen) atoms. The first-order valence-corrected chi connectivity index (χ1v) is 10.8. The van der Waals surface area contributed by atoms with Crippen molar-refractivity contribution in [1.29, 1.82) is 0 Å². The van der Waals surface area contributed by atoms with E-state index in [4.69, 9.17) is 9.84 Å². The minimum absolute atomic E-state index is 0.0208. The van der Waals surface area contributed by atoms with Crippen LogP contribution in [-0.2, 0) is 4.74 Å². The Morgan fingerprint density at radius 1 is 1.45 bits per heavy atom. The quantitative estimate of drug-likeness (QED) is 0.447. The second-order valence-electron chi connectivity index (χ2n) is 8.09. The number of ether oxygens (including phenoxy) is 1. The smallest absolute Gasteiger partial charge is 0.277 e. The zero-order chi connectivity index (χ0) is 22.5. The van der Waals surface area contributed by atoms with E-state index in [1.807, 2.05) is 13.0 Å². The number of imidazole rings is 1. The van der Waals surface area contributed by atoms with Crippen LogP contribution in [0.4, 0.5) is 0 Å². The van der Waals surface area contributed by atoms with E-state index >= 15 is 0 Å². The molecule has 0 saturated carbocycles. The number of aromatic amines is 1. The molecule has 1 fully saturated rings. The predicted molar refractivity (Wildman–Crippen MR) is 121 cm³/mol. The number of aliphatic hydroxyl groups is 1. The van der Waals surface area contributed by atoms with Crippen LogP contribution in [0.2, 0.25) is 0 Å².